The van der Waals surface area contributed by atoms with Crippen LogP contribution in [-0.2, 0) is 10.0 Å². The van der Waals surface area contributed by atoms with E-state index >= 15 is 0 Å². The third kappa shape index (κ3) is 3.66. The van der Waals surface area contributed by atoms with E-state index in [0.29, 0.717) is 29.1 Å². The number of rotatable bonds is 3. The third-order valence-electron chi connectivity index (χ3n) is 3.30. The lowest BCUT2D eigenvalue weighted by molar-refractivity contribution is 0.585. The molecule has 0 aromatic heterocycles. The molecule has 0 radical (unpaired) electrons. The highest BCUT2D eigenvalue weighted by Crippen LogP contribution is 2.28. The Bertz CT molecular complexity index is 641. The van der Waals surface area contributed by atoms with Crippen LogP contribution in [0, 0.1) is 11.8 Å². The van der Waals surface area contributed by atoms with Gasteiger partial charge in [0, 0.05) is 5.02 Å². The minimum atomic E-state index is -3.37. The summed E-state index contributed by atoms with van der Waals surface area (Å²) in [6.07, 6.45) is 3.36. The van der Waals surface area contributed by atoms with E-state index in [9.17, 15) is 8.42 Å². The molecule has 108 valence electrons. The van der Waals surface area contributed by atoms with Crippen molar-refractivity contribution in [2.75, 3.05) is 11.3 Å². The fourth-order valence-corrected chi connectivity index (χ4v) is 4.07. The van der Waals surface area contributed by atoms with Crippen molar-refractivity contribution in [3.63, 3.8) is 0 Å². The number of sulfonamides is 1. The zero-order valence-corrected chi connectivity index (χ0v) is 12.6. The average molecular weight is 313 g/mol. The molecular weight excluding hydrogens is 296 g/mol. The van der Waals surface area contributed by atoms with Gasteiger partial charge < -0.3 is 5.73 Å². The molecule has 0 saturated heterocycles. The molecule has 6 heteroatoms. The summed E-state index contributed by atoms with van der Waals surface area (Å²) in [6.45, 7) is 0.210. The number of hydrogen-bond donors (Lipinski definition) is 2. The maximum atomic E-state index is 12.3. The van der Waals surface area contributed by atoms with Gasteiger partial charge in [-0.3, -0.25) is 4.72 Å². The molecule has 1 aliphatic rings. The largest absolute Gasteiger partial charge is 0.320 e. The number of benzene rings is 1. The first-order valence-electron chi connectivity index (χ1n) is 6.53. The molecule has 0 aliphatic heterocycles. The zero-order valence-electron chi connectivity index (χ0n) is 11.0. The van der Waals surface area contributed by atoms with Crippen LogP contribution in [0.1, 0.15) is 31.2 Å². The fraction of sp³-hybridized carbons (Fsp3) is 0.429. The first-order valence-corrected chi connectivity index (χ1v) is 8.45. The molecule has 0 heterocycles. The summed E-state index contributed by atoms with van der Waals surface area (Å²) in [5.41, 5.74) is 6.35. The highest BCUT2D eigenvalue weighted by atomic mass is 35.5. The molecule has 0 atom stereocenters. The summed E-state index contributed by atoms with van der Waals surface area (Å²) in [7, 11) is -3.37. The monoisotopic (exact) mass is 312 g/mol. The van der Waals surface area contributed by atoms with Gasteiger partial charge in [-0.2, -0.15) is 0 Å². The predicted octanol–water partition coefficient (Wildman–Crippen LogP) is 2.33. The molecular formula is C14H17ClN2O2S. The summed E-state index contributed by atoms with van der Waals surface area (Å²) in [6, 6.07) is 4.91. The van der Waals surface area contributed by atoms with Crippen molar-refractivity contribution in [3.05, 3.63) is 28.8 Å². The summed E-state index contributed by atoms with van der Waals surface area (Å²) in [4.78, 5) is 0. The van der Waals surface area contributed by atoms with E-state index in [1.165, 1.54) is 0 Å². The minimum Gasteiger partial charge on any atom is -0.320 e. The number of hydrogen-bond acceptors (Lipinski definition) is 3. The number of nitrogens with one attached hydrogen (secondary N) is 1. The second kappa shape index (κ2) is 6.49. The van der Waals surface area contributed by atoms with Crippen LogP contribution in [0.5, 0.6) is 0 Å². The van der Waals surface area contributed by atoms with E-state index in [4.69, 9.17) is 17.3 Å². The lowest BCUT2D eigenvalue weighted by Gasteiger charge is -2.14. The van der Waals surface area contributed by atoms with Crippen molar-refractivity contribution in [3.8, 4) is 11.8 Å². The Hall–Kier alpha value is -1.22. The van der Waals surface area contributed by atoms with Gasteiger partial charge in [0.1, 0.15) is 0 Å². The van der Waals surface area contributed by atoms with Gasteiger partial charge in [0.2, 0.25) is 10.0 Å². The minimum absolute atomic E-state index is 0.210. The lowest BCUT2D eigenvalue weighted by Crippen LogP contribution is -2.25. The molecule has 1 fully saturated rings. The van der Waals surface area contributed by atoms with E-state index in [-0.39, 0.29) is 11.8 Å². The molecule has 0 unspecified atom stereocenters. The van der Waals surface area contributed by atoms with Crippen LogP contribution in [-0.4, -0.2) is 20.2 Å². The summed E-state index contributed by atoms with van der Waals surface area (Å²) < 4.78 is 27.2. The van der Waals surface area contributed by atoms with E-state index < -0.39 is 10.0 Å². The Labute approximate surface area is 124 Å². The van der Waals surface area contributed by atoms with Crippen molar-refractivity contribution in [2.45, 2.75) is 30.9 Å². The highest BCUT2D eigenvalue weighted by molar-refractivity contribution is 7.93. The Balaban J connectivity index is 2.28. The standard InChI is InChI=1S/C14H17ClN2O2S/c15-12-7-8-14(11(10-12)4-3-9-16)17-20(18,19)13-5-1-2-6-13/h7-8,10,13,17H,1-2,5-6,9,16H2. The molecule has 0 amide bonds. The van der Waals surface area contributed by atoms with Crippen LogP contribution < -0.4 is 10.5 Å². The maximum absolute atomic E-state index is 12.3. The molecule has 1 aromatic rings. The Kier molecular flexibility index (Phi) is 4.92. The van der Waals surface area contributed by atoms with Crippen molar-refractivity contribution in [1.29, 1.82) is 0 Å². The molecule has 3 N–H and O–H groups in total. The van der Waals surface area contributed by atoms with Gasteiger partial charge in [0.15, 0.2) is 0 Å². The Morgan fingerprint density at radius 3 is 2.70 bits per heavy atom. The van der Waals surface area contributed by atoms with Crippen LogP contribution in [0.2, 0.25) is 5.02 Å². The van der Waals surface area contributed by atoms with Gasteiger partial charge in [-0.25, -0.2) is 8.42 Å². The van der Waals surface area contributed by atoms with Crippen molar-refractivity contribution in [1.82, 2.24) is 0 Å². The van der Waals surface area contributed by atoms with Crippen LogP contribution >= 0.6 is 11.6 Å². The molecule has 1 aliphatic carbocycles. The molecule has 0 bridgehead atoms. The van der Waals surface area contributed by atoms with Gasteiger partial charge in [-0.05, 0) is 31.0 Å². The summed E-state index contributed by atoms with van der Waals surface area (Å²) >= 11 is 5.92. The highest BCUT2D eigenvalue weighted by Gasteiger charge is 2.29. The average Bonchev–Trinajstić information content (AvgIpc) is 2.93. The summed E-state index contributed by atoms with van der Waals surface area (Å²) in [5.74, 6) is 5.55. The number of anilines is 1. The number of nitrogens with two attached hydrogens (primary N) is 1. The molecule has 0 spiro atoms. The lowest BCUT2D eigenvalue weighted by atomic mass is 10.2. The molecule has 4 nitrogen and oxygen atoms in total. The quantitative estimate of drug-likeness (QED) is 0.841. The molecule has 1 saturated carbocycles. The fourth-order valence-electron chi connectivity index (χ4n) is 2.29. The van der Waals surface area contributed by atoms with Gasteiger partial charge in [0.05, 0.1) is 23.0 Å². The molecule has 20 heavy (non-hydrogen) atoms. The van der Waals surface area contributed by atoms with E-state index in [0.717, 1.165) is 12.8 Å². The van der Waals surface area contributed by atoms with Crippen molar-refractivity contribution < 1.29 is 8.42 Å². The van der Waals surface area contributed by atoms with Crippen molar-refractivity contribution >= 4 is 27.3 Å². The van der Waals surface area contributed by atoms with Gasteiger partial charge in [0.25, 0.3) is 0 Å². The second-order valence-electron chi connectivity index (χ2n) is 4.75. The van der Waals surface area contributed by atoms with E-state index in [1.807, 2.05) is 0 Å². The normalized spacial score (nSPS) is 15.7. The van der Waals surface area contributed by atoms with E-state index in [2.05, 4.69) is 16.6 Å². The molecule has 2 rings (SSSR count). The maximum Gasteiger partial charge on any atom is 0.235 e. The topological polar surface area (TPSA) is 72.2 Å². The van der Waals surface area contributed by atoms with Crippen LogP contribution in [0.4, 0.5) is 5.69 Å². The number of halogens is 1. The zero-order chi connectivity index (χ0) is 14.6. The second-order valence-corrected chi connectivity index (χ2v) is 7.15. The SMILES string of the molecule is NCC#Cc1cc(Cl)ccc1NS(=O)(=O)C1CCCC1. The van der Waals surface area contributed by atoms with Gasteiger partial charge in [-0.15, -0.1) is 0 Å². The van der Waals surface area contributed by atoms with Gasteiger partial charge >= 0.3 is 0 Å². The predicted molar refractivity (Wildman–Crippen MR) is 82.2 cm³/mol. The van der Waals surface area contributed by atoms with Crippen LogP contribution in [0.15, 0.2) is 18.2 Å². The van der Waals surface area contributed by atoms with Crippen LogP contribution in [0.3, 0.4) is 0 Å². The van der Waals surface area contributed by atoms with Crippen molar-refractivity contribution in [2.24, 2.45) is 5.73 Å². The smallest absolute Gasteiger partial charge is 0.235 e. The Morgan fingerprint density at radius 2 is 2.05 bits per heavy atom. The van der Waals surface area contributed by atoms with E-state index in [1.54, 1.807) is 18.2 Å². The first kappa shape index (κ1) is 15.2. The van der Waals surface area contributed by atoms with Gasteiger partial charge in [-0.1, -0.05) is 36.3 Å². The van der Waals surface area contributed by atoms with Crippen LogP contribution in [0.25, 0.3) is 0 Å². The summed E-state index contributed by atoms with van der Waals surface area (Å²) in [5, 5.41) is 0.198. The Morgan fingerprint density at radius 1 is 1.35 bits per heavy atom. The first-order chi connectivity index (χ1) is 9.53. The third-order valence-corrected chi connectivity index (χ3v) is 5.39. The molecule has 1 aromatic carbocycles.